The minimum Gasteiger partial charge on any atom is -0.346 e. The molecule has 0 saturated carbocycles. The molecule has 1 rings (SSSR count). The van der Waals surface area contributed by atoms with Crippen LogP contribution in [-0.4, -0.2) is 36.2 Å². The number of carbonyl (C=O) groups is 2. The van der Waals surface area contributed by atoms with E-state index in [0.29, 0.717) is 6.54 Å². The van der Waals surface area contributed by atoms with Gasteiger partial charge in [-0.15, -0.1) is 11.6 Å². The molecule has 0 unspecified atom stereocenters. The van der Waals surface area contributed by atoms with Crippen LogP contribution < -0.4 is 5.32 Å². The van der Waals surface area contributed by atoms with Crippen LogP contribution in [0.25, 0.3) is 0 Å². The van der Waals surface area contributed by atoms with Crippen molar-refractivity contribution in [2.24, 2.45) is 0 Å². The van der Waals surface area contributed by atoms with Crippen LogP contribution in [0, 0.1) is 0 Å². The normalized spacial score (nSPS) is 9.94. The molecule has 0 aromatic heterocycles. The molecule has 1 N–H and O–H groups in total. The van der Waals surface area contributed by atoms with Crippen LogP contribution in [-0.2, 0) is 16.1 Å². The fourth-order valence-electron chi connectivity index (χ4n) is 1.33. The molecule has 4 nitrogen and oxygen atoms in total. The summed E-state index contributed by atoms with van der Waals surface area (Å²) in [5.74, 6) is -0.648. The van der Waals surface area contributed by atoms with E-state index in [2.05, 4.69) is 21.2 Å². The molecule has 0 spiro atoms. The summed E-state index contributed by atoms with van der Waals surface area (Å²) in [7, 11) is 1.69. The second-order valence-corrected chi connectivity index (χ2v) is 4.87. The molecule has 0 atom stereocenters. The Kier molecular flexibility index (Phi) is 6.15. The van der Waals surface area contributed by atoms with E-state index < -0.39 is 0 Å². The Balaban J connectivity index is 2.50. The Morgan fingerprint density at radius 1 is 1.39 bits per heavy atom. The minimum absolute atomic E-state index is 0.0352. The van der Waals surface area contributed by atoms with Gasteiger partial charge >= 0.3 is 0 Å². The van der Waals surface area contributed by atoms with E-state index in [0.717, 1.165) is 10.0 Å². The molecule has 2 amide bonds. The van der Waals surface area contributed by atoms with E-state index in [-0.39, 0.29) is 24.2 Å². The van der Waals surface area contributed by atoms with E-state index in [1.165, 1.54) is 0 Å². The number of rotatable bonds is 5. The standard InChI is InChI=1S/C12H14BrClN2O2/c1-16(12(18)7-15-11(17)6-14)8-9-4-2-3-5-10(9)13/h2-5H,6-8H2,1H3,(H,15,17). The summed E-state index contributed by atoms with van der Waals surface area (Å²) in [4.78, 5) is 24.2. The van der Waals surface area contributed by atoms with E-state index in [1.54, 1.807) is 11.9 Å². The molecule has 0 aliphatic carbocycles. The highest BCUT2D eigenvalue weighted by Gasteiger charge is 2.11. The molecule has 98 valence electrons. The summed E-state index contributed by atoms with van der Waals surface area (Å²) in [5, 5.41) is 2.44. The first-order valence-corrected chi connectivity index (χ1v) is 6.67. The lowest BCUT2D eigenvalue weighted by molar-refractivity contribution is -0.131. The Morgan fingerprint density at radius 3 is 2.67 bits per heavy atom. The van der Waals surface area contributed by atoms with Gasteiger partial charge in [0.1, 0.15) is 5.88 Å². The fraction of sp³-hybridized carbons (Fsp3) is 0.333. The van der Waals surface area contributed by atoms with Crippen LogP contribution in [0.1, 0.15) is 5.56 Å². The number of likely N-dealkylation sites (N-methyl/N-ethyl adjacent to an activating group) is 1. The molecule has 0 saturated heterocycles. The van der Waals surface area contributed by atoms with Crippen LogP contribution in [0.5, 0.6) is 0 Å². The lowest BCUT2D eigenvalue weighted by atomic mass is 10.2. The quantitative estimate of drug-likeness (QED) is 0.835. The Labute approximate surface area is 119 Å². The third-order valence-corrected chi connectivity index (χ3v) is 3.37. The van der Waals surface area contributed by atoms with Gasteiger partial charge in [-0.25, -0.2) is 0 Å². The summed E-state index contributed by atoms with van der Waals surface area (Å²) >= 11 is 8.74. The largest absolute Gasteiger partial charge is 0.346 e. The van der Waals surface area contributed by atoms with Gasteiger partial charge in [0.25, 0.3) is 0 Å². The van der Waals surface area contributed by atoms with Crippen LogP contribution in [0.4, 0.5) is 0 Å². The molecule has 1 aromatic rings. The highest BCUT2D eigenvalue weighted by Crippen LogP contribution is 2.17. The number of nitrogens with one attached hydrogen (secondary N) is 1. The SMILES string of the molecule is CN(Cc1ccccc1Br)C(=O)CNC(=O)CCl. The van der Waals surface area contributed by atoms with Gasteiger partial charge < -0.3 is 10.2 Å². The number of hydrogen-bond acceptors (Lipinski definition) is 2. The van der Waals surface area contributed by atoms with Gasteiger partial charge in [-0.05, 0) is 11.6 Å². The van der Waals surface area contributed by atoms with Gasteiger partial charge in [0.15, 0.2) is 0 Å². The van der Waals surface area contributed by atoms with Crippen molar-refractivity contribution in [2.75, 3.05) is 19.5 Å². The van der Waals surface area contributed by atoms with E-state index in [1.807, 2.05) is 24.3 Å². The van der Waals surface area contributed by atoms with E-state index in [4.69, 9.17) is 11.6 Å². The summed E-state index contributed by atoms with van der Waals surface area (Å²) in [6.07, 6.45) is 0. The molecular formula is C12H14BrClN2O2. The zero-order chi connectivity index (χ0) is 13.5. The molecule has 0 aliphatic heterocycles. The minimum atomic E-state index is -0.348. The third kappa shape index (κ3) is 4.66. The average molecular weight is 334 g/mol. The number of alkyl halides is 1. The van der Waals surface area contributed by atoms with Crippen LogP contribution in [0.15, 0.2) is 28.7 Å². The number of hydrogen-bond donors (Lipinski definition) is 1. The molecule has 0 aliphatic rings. The van der Waals surface area contributed by atoms with Crippen molar-refractivity contribution in [3.8, 4) is 0 Å². The van der Waals surface area contributed by atoms with Gasteiger partial charge in [0.2, 0.25) is 11.8 Å². The maximum Gasteiger partial charge on any atom is 0.242 e. The number of nitrogens with zero attached hydrogens (tertiary/aromatic N) is 1. The van der Waals surface area contributed by atoms with Crippen molar-refractivity contribution in [3.63, 3.8) is 0 Å². The zero-order valence-corrected chi connectivity index (χ0v) is 12.3. The van der Waals surface area contributed by atoms with Crippen molar-refractivity contribution in [1.82, 2.24) is 10.2 Å². The van der Waals surface area contributed by atoms with E-state index in [9.17, 15) is 9.59 Å². The maximum absolute atomic E-state index is 11.7. The monoisotopic (exact) mass is 332 g/mol. The van der Waals surface area contributed by atoms with Crippen LogP contribution in [0.2, 0.25) is 0 Å². The first-order chi connectivity index (χ1) is 8.54. The van der Waals surface area contributed by atoms with Crippen molar-refractivity contribution < 1.29 is 9.59 Å². The Morgan fingerprint density at radius 2 is 2.06 bits per heavy atom. The maximum atomic E-state index is 11.7. The third-order valence-electron chi connectivity index (χ3n) is 2.35. The molecule has 0 heterocycles. The first-order valence-electron chi connectivity index (χ1n) is 5.34. The molecule has 0 bridgehead atoms. The Bertz CT molecular complexity index is 440. The molecule has 1 aromatic carbocycles. The number of amides is 2. The van der Waals surface area contributed by atoms with Crippen molar-refractivity contribution in [3.05, 3.63) is 34.3 Å². The number of halogens is 2. The fourth-order valence-corrected chi connectivity index (χ4v) is 1.83. The number of carbonyl (C=O) groups excluding carboxylic acids is 2. The van der Waals surface area contributed by atoms with Crippen molar-refractivity contribution >= 4 is 39.3 Å². The molecule has 0 fully saturated rings. The van der Waals surface area contributed by atoms with Gasteiger partial charge in [-0.3, -0.25) is 9.59 Å². The van der Waals surface area contributed by atoms with Gasteiger partial charge in [-0.2, -0.15) is 0 Å². The summed E-state index contributed by atoms with van der Waals surface area (Å²) < 4.78 is 0.953. The smallest absolute Gasteiger partial charge is 0.242 e. The highest BCUT2D eigenvalue weighted by molar-refractivity contribution is 9.10. The zero-order valence-electron chi connectivity index (χ0n) is 9.95. The second-order valence-electron chi connectivity index (χ2n) is 3.75. The van der Waals surface area contributed by atoms with Gasteiger partial charge in [-0.1, -0.05) is 34.1 Å². The lowest BCUT2D eigenvalue weighted by Crippen LogP contribution is -2.38. The van der Waals surface area contributed by atoms with Gasteiger partial charge in [0.05, 0.1) is 6.54 Å². The predicted molar refractivity (Wildman–Crippen MR) is 74.3 cm³/mol. The van der Waals surface area contributed by atoms with Crippen LogP contribution in [0.3, 0.4) is 0 Å². The van der Waals surface area contributed by atoms with Crippen molar-refractivity contribution in [2.45, 2.75) is 6.54 Å². The molecular weight excluding hydrogens is 320 g/mol. The van der Waals surface area contributed by atoms with E-state index >= 15 is 0 Å². The summed E-state index contributed by atoms with van der Waals surface area (Å²) in [6.45, 7) is 0.448. The lowest BCUT2D eigenvalue weighted by Gasteiger charge is -2.18. The molecule has 0 radical (unpaired) electrons. The second kappa shape index (κ2) is 7.38. The van der Waals surface area contributed by atoms with Gasteiger partial charge in [0, 0.05) is 18.1 Å². The van der Waals surface area contributed by atoms with Crippen molar-refractivity contribution in [1.29, 1.82) is 0 Å². The summed E-state index contributed by atoms with van der Waals surface area (Å²) in [6, 6.07) is 7.68. The first kappa shape index (κ1) is 15.0. The predicted octanol–water partition coefficient (Wildman–Crippen LogP) is 1.76. The highest BCUT2D eigenvalue weighted by atomic mass is 79.9. The molecule has 6 heteroatoms. The summed E-state index contributed by atoms with van der Waals surface area (Å²) in [5.41, 5.74) is 1.01. The Hall–Kier alpha value is -1.07. The molecule has 18 heavy (non-hydrogen) atoms. The average Bonchev–Trinajstić information content (AvgIpc) is 2.38. The number of benzene rings is 1. The van der Waals surface area contributed by atoms with Crippen LogP contribution >= 0.6 is 27.5 Å². The topological polar surface area (TPSA) is 49.4 Å².